The molecule has 0 saturated carbocycles. The minimum Gasteiger partial charge on any atom is -0.455 e. The molecule has 6 heteroatoms. The summed E-state index contributed by atoms with van der Waals surface area (Å²) in [5.41, 5.74) is -0.450. The van der Waals surface area contributed by atoms with E-state index in [4.69, 9.17) is 39.5 Å². The SMILES string of the molecule is CC(C)(OC=O)c1cc(Cl)c(Cl)c(Cl)n1. The molecule has 0 amide bonds. The number of rotatable bonds is 3. The van der Waals surface area contributed by atoms with Crippen LogP contribution in [0.5, 0.6) is 0 Å². The molecule has 15 heavy (non-hydrogen) atoms. The highest BCUT2D eigenvalue weighted by Crippen LogP contribution is 2.33. The molecule has 3 nitrogen and oxygen atoms in total. The van der Waals surface area contributed by atoms with Gasteiger partial charge >= 0.3 is 0 Å². The van der Waals surface area contributed by atoms with Crippen LogP contribution in [-0.4, -0.2) is 11.5 Å². The van der Waals surface area contributed by atoms with E-state index >= 15 is 0 Å². The molecule has 1 aromatic heterocycles. The molecule has 0 unspecified atom stereocenters. The van der Waals surface area contributed by atoms with Gasteiger partial charge in [-0.2, -0.15) is 0 Å². The highest BCUT2D eigenvalue weighted by molar-refractivity contribution is 6.47. The summed E-state index contributed by atoms with van der Waals surface area (Å²) < 4.78 is 4.86. The first kappa shape index (κ1) is 12.6. The van der Waals surface area contributed by atoms with Crippen LogP contribution >= 0.6 is 34.8 Å². The van der Waals surface area contributed by atoms with Crippen molar-refractivity contribution in [1.82, 2.24) is 4.98 Å². The molecule has 1 aromatic rings. The molecule has 0 aliphatic carbocycles. The smallest absolute Gasteiger partial charge is 0.294 e. The molecule has 0 bridgehead atoms. The summed E-state index contributed by atoms with van der Waals surface area (Å²) in [6, 6.07) is 1.51. The summed E-state index contributed by atoms with van der Waals surface area (Å²) in [6.07, 6.45) is 0. The maximum atomic E-state index is 10.3. The van der Waals surface area contributed by atoms with Crippen LogP contribution in [0, 0.1) is 0 Å². The van der Waals surface area contributed by atoms with E-state index in [9.17, 15) is 4.79 Å². The Morgan fingerprint density at radius 1 is 1.40 bits per heavy atom. The van der Waals surface area contributed by atoms with Crippen LogP contribution in [-0.2, 0) is 15.1 Å². The van der Waals surface area contributed by atoms with Crippen molar-refractivity contribution in [3.8, 4) is 0 Å². The van der Waals surface area contributed by atoms with Gasteiger partial charge < -0.3 is 4.74 Å². The van der Waals surface area contributed by atoms with Crippen molar-refractivity contribution in [3.05, 3.63) is 27.0 Å². The summed E-state index contributed by atoms with van der Waals surface area (Å²) in [5, 5.41) is 0.542. The van der Waals surface area contributed by atoms with Crippen LogP contribution in [0.2, 0.25) is 15.2 Å². The lowest BCUT2D eigenvalue weighted by molar-refractivity contribution is -0.141. The lowest BCUT2D eigenvalue weighted by Crippen LogP contribution is -2.22. The van der Waals surface area contributed by atoms with E-state index in [2.05, 4.69) is 4.98 Å². The van der Waals surface area contributed by atoms with Crippen LogP contribution in [0.1, 0.15) is 19.5 Å². The molecule has 1 heterocycles. The van der Waals surface area contributed by atoms with E-state index in [0.717, 1.165) is 0 Å². The number of aromatic nitrogens is 1. The normalized spacial score (nSPS) is 11.3. The second kappa shape index (κ2) is 4.56. The molecule has 82 valence electrons. The minimum atomic E-state index is -0.889. The molecule has 0 fully saturated rings. The number of hydrogen-bond acceptors (Lipinski definition) is 3. The van der Waals surface area contributed by atoms with Gasteiger partial charge in [-0.1, -0.05) is 34.8 Å². The number of carbonyl (C=O) groups excluding carboxylic acids is 1. The summed E-state index contributed by atoms with van der Waals surface area (Å²) >= 11 is 17.3. The maximum absolute atomic E-state index is 10.3. The van der Waals surface area contributed by atoms with Gasteiger partial charge in [-0.3, -0.25) is 4.79 Å². The Hall–Kier alpha value is -0.510. The van der Waals surface area contributed by atoms with Gasteiger partial charge in [0.05, 0.1) is 15.7 Å². The van der Waals surface area contributed by atoms with Crippen LogP contribution in [0.3, 0.4) is 0 Å². The molecule has 0 N–H and O–H groups in total. The fourth-order valence-corrected chi connectivity index (χ4v) is 1.49. The van der Waals surface area contributed by atoms with Gasteiger partial charge in [0.1, 0.15) is 10.8 Å². The number of ether oxygens (including phenoxy) is 1. The third-order valence-corrected chi connectivity index (χ3v) is 2.98. The Labute approximate surface area is 102 Å². The molecule has 0 aliphatic heterocycles. The van der Waals surface area contributed by atoms with Crippen LogP contribution in [0.4, 0.5) is 0 Å². The van der Waals surface area contributed by atoms with Crippen molar-refractivity contribution in [2.75, 3.05) is 0 Å². The zero-order chi connectivity index (χ0) is 11.6. The first-order chi connectivity index (χ1) is 6.88. The Morgan fingerprint density at radius 2 is 2.00 bits per heavy atom. The quantitative estimate of drug-likeness (QED) is 0.622. The Bertz CT molecular complexity index is 370. The molecule has 0 spiro atoms. The van der Waals surface area contributed by atoms with Crippen molar-refractivity contribution in [3.63, 3.8) is 0 Å². The number of pyridine rings is 1. The van der Waals surface area contributed by atoms with E-state index in [0.29, 0.717) is 12.2 Å². The summed E-state index contributed by atoms with van der Waals surface area (Å²) in [4.78, 5) is 14.3. The number of halogens is 3. The molecule has 0 radical (unpaired) electrons. The van der Waals surface area contributed by atoms with Gasteiger partial charge in [0.2, 0.25) is 0 Å². The predicted molar refractivity (Wildman–Crippen MR) is 59.4 cm³/mol. The second-order valence-electron chi connectivity index (χ2n) is 3.32. The third-order valence-electron chi connectivity index (χ3n) is 1.83. The average Bonchev–Trinajstić information content (AvgIpc) is 2.13. The van der Waals surface area contributed by atoms with Gasteiger partial charge in [-0.25, -0.2) is 4.98 Å². The van der Waals surface area contributed by atoms with Crippen molar-refractivity contribution < 1.29 is 9.53 Å². The summed E-state index contributed by atoms with van der Waals surface area (Å²) in [7, 11) is 0. The monoisotopic (exact) mass is 267 g/mol. The topological polar surface area (TPSA) is 39.2 Å². The number of nitrogens with zero attached hydrogens (tertiary/aromatic N) is 1. The van der Waals surface area contributed by atoms with Crippen molar-refractivity contribution in [2.45, 2.75) is 19.4 Å². The van der Waals surface area contributed by atoms with Gasteiger partial charge in [0.25, 0.3) is 6.47 Å². The van der Waals surface area contributed by atoms with Crippen molar-refractivity contribution in [1.29, 1.82) is 0 Å². The number of hydrogen-bond donors (Lipinski definition) is 0. The molecule has 0 saturated heterocycles. The van der Waals surface area contributed by atoms with Crippen LogP contribution < -0.4 is 0 Å². The maximum Gasteiger partial charge on any atom is 0.294 e. The minimum absolute atomic E-state index is 0.0849. The van der Waals surface area contributed by atoms with Gasteiger partial charge in [0, 0.05) is 0 Å². The van der Waals surface area contributed by atoms with E-state index in [1.54, 1.807) is 13.8 Å². The fraction of sp³-hybridized carbons (Fsp3) is 0.333. The molecular weight excluding hydrogens is 260 g/mol. The lowest BCUT2D eigenvalue weighted by Gasteiger charge is -2.22. The highest BCUT2D eigenvalue weighted by atomic mass is 35.5. The Kier molecular flexibility index (Phi) is 3.82. The zero-order valence-corrected chi connectivity index (χ0v) is 10.3. The Morgan fingerprint density at radius 3 is 2.47 bits per heavy atom. The van der Waals surface area contributed by atoms with Gasteiger partial charge in [-0.15, -0.1) is 0 Å². The average molecular weight is 269 g/mol. The van der Waals surface area contributed by atoms with Crippen LogP contribution in [0.15, 0.2) is 6.07 Å². The van der Waals surface area contributed by atoms with Gasteiger partial charge in [-0.05, 0) is 19.9 Å². The summed E-state index contributed by atoms with van der Waals surface area (Å²) in [5.74, 6) is 0. The van der Waals surface area contributed by atoms with E-state index in [1.807, 2.05) is 0 Å². The Balaban J connectivity index is 3.21. The van der Waals surface area contributed by atoms with E-state index in [1.165, 1.54) is 6.07 Å². The lowest BCUT2D eigenvalue weighted by atomic mass is 10.0. The highest BCUT2D eigenvalue weighted by Gasteiger charge is 2.25. The standard InChI is InChI=1S/C9H8Cl3NO2/c1-9(2,15-4-14)6-3-5(10)7(11)8(12)13-6/h3-4H,1-2H3. The summed E-state index contributed by atoms with van der Waals surface area (Å²) in [6.45, 7) is 3.69. The molecule has 0 atom stereocenters. The first-order valence-corrected chi connectivity index (χ1v) is 5.15. The second-order valence-corrected chi connectivity index (χ2v) is 4.46. The molecule has 0 aromatic carbocycles. The van der Waals surface area contributed by atoms with E-state index in [-0.39, 0.29) is 15.2 Å². The van der Waals surface area contributed by atoms with E-state index < -0.39 is 5.60 Å². The molecule has 0 aliphatic rings. The largest absolute Gasteiger partial charge is 0.455 e. The van der Waals surface area contributed by atoms with Crippen LogP contribution in [0.25, 0.3) is 0 Å². The van der Waals surface area contributed by atoms with Crippen molar-refractivity contribution in [2.24, 2.45) is 0 Å². The fourth-order valence-electron chi connectivity index (χ4n) is 0.958. The van der Waals surface area contributed by atoms with Crippen molar-refractivity contribution >= 4 is 41.3 Å². The molecule has 1 rings (SSSR count). The first-order valence-electron chi connectivity index (χ1n) is 4.02. The number of carbonyl (C=O) groups is 1. The molecular formula is C9H8Cl3NO2. The zero-order valence-electron chi connectivity index (χ0n) is 8.05. The van der Waals surface area contributed by atoms with Gasteiger partial charge in [0.15, 0.2) is 0 Å². The third kappa shape index (κ3) is 2.74. The predicted octanol–water partition coefficient (Wildman–Crippen LogP) is 3.45.